The minimum Gasteiger partial charge on any atom is -0.497 e. The highest BCUT2D eigenvalue weighted by Crippen LogP contribution is 2.26. The van der Waals surface area contributed by atoms with Crippen molar-refractivity contribution in [3.8, 4) is 16.3 Å². The lowest BCUT2D eigenvalue weighted by Gasteiger charge is -2.03. The van der Waals surface area contributed by atoms with E-state index in [9.17, 15) is 0 Å². The van der Waals surface area contributed by atoms with E-state index in [1.165, 1.54) is 0 Å². The summed E-state index contributed by atoms with van der Waals surface area (Å²) in [5, 5.41) is 6.24. The van der Waals surface area contributed by atoms with Crippen molar-refractivity contribution >= 4 is 34.0 Å². The molecule has 0 aliphatic carbocycles. The lowest BCUT2D eigenvalue weighted by molar-refractivity contribution is 0.415. The molecule has 23 heavy (non-hydrogen) atoms. The van der Waals surface area contributed by atoms with Gasteiger partial charge >= 0.3 is 0 Å². The van der Waals surface area contributed by atoms with Gasteiger partial charge in [-0.05, 0) is 42.5 Å². The zero-order chi connectivity index (χ0) is 15.6. The Kier molecular flexibility index (Phi) is 3.44. The molecule has 0 aliphatic heterocycles. The van der Waals surface area contributed by atoms with Gasteiger partial charge < -0.3 is 15.0 Å². The highest BCUT2D eigenvalue weighted by Gasteiger charge is 2.06. The zero-order valence-corrected chi connectivity index (χ0v) is 13.2. The average molecular weight is 322 g/mol. The van der Waals surface area contributed by atoms with Gasteiger partial charge in [0.2, 0.25) is 5.95 Å². The molecular formula is C17H14N4OS. The van der Waals surface area contributed by atoms with Gasteiger partial charge in [0.05, 0.1) is 18.1 Å². The Bertz CT molecular complexity index is 929. The molecule has 4 aromatic rings. The Balaban J connectivity index is 1.63. The van der Waals surface area contributed by atoms with Crippen molar-refractivity contribution in [3.05, 3.63) is 54.0 Å². The van der Waals surface area contributed by atoms with Crippen LogP contribution in [0.15, 0.2) is 54.0 Å². The summed E-state index contributed by atoms with van der Waals surface area (Å²) in [4.78, 5) is 12.2. The third-order valence-corrected chi connectivity index (χ3v) is 4.34. The summed E-state index contributed by atoms with van der Waals surface area (Å²) >= 11 is 1.62. The molecule has 2 N–H and O–H groups in total. The molecule has 0 unspecified atom stereocenters. The first-order chi connectivity index (χ1) is 11.3. The predicted molar refractivity (Wildman–Crippen MR) is 93.5 cm³/mol. The van der Waals surface area contributed by atoms with Crippen LogP contribution in [0.25, 0.3) is 21.6 Å². The summed E-state index contributed by atoms with van der Waals surface area (Å²) in [6, 6.07) is 13.8. The molecule has 0 saturated carbocycles. The summed E-state index contributed by atoms with van der Waals surface area (Å²) in [5.74, 6) is 1.54. The van der Waals surface area contributed by atoms with Crippen LogP contribution in [-0.2, 0) is 0 Å². The second kappa shape index (κ2) is 5.73. The molecule has 114 valence electrons. The number of rotatable bonds is 4. The van der Waals surface area contributed by atoms with Crippen molar-refractivity contribution in [1.82, 2.24) is 15.0 Å². The fourth-order valence-corrected chi connectivity index (χ4v) is 3.01. The monoisotopic (exact) mass is 322 g/mol. The Morgan fingerprint density at radius 1 is 1.13 bits per heavy atom. The van der Waals surface area contributed by atoms with Gasteiger partial charge in [0, 0.05) is 22.8 Å². The van der Waals surface area contributed by atoms with Gasteiger partial charge in [-0.15, -0.1) is 11.3 Å². The molecule has 0 bridgehead atoms. The third-order valence-electron chi connectivity index (χ3n) is 3.51. The van der Waals surface area contributed by atoms with Crippen molar-refractivity contribution < 1.29 is 4.74 Å². The Labute approximate surface area is 137 Å². The predicted octanol–water partition coefficient (Wildman–Crippen LogP) is 4.44. The number of fused-ring (bicyclic) bond motifs is 1. The van der Waals surface area contributed by atoms with Crippen molar-refractivity contribution in [2.24, 2.45) is 0 Å². The molecule has 0 saturated heterocycles. The van der Waals surface area contributed by atoms with E-state index >= 15 is 0 Å². The number of nitrogens with one attached hydrogen (secondary N) is 2. The molecule has 2 aromatic carbocycles. The van der Waals surface area contributed by atoms with Gasteiger partial charge in [0.1, 0.15) is 10.8 Å². The van der Waals surface area contributed by atoms with E-state index in [-0.39, 0.29) is 0 Å². The van der Waals surface area contributed by atoms with Crippen LogP contribution in [0.4, 0.5) is 11.6 Å². The largest absolute Gasteiger partial charge is 0.497 e. The maximum absolute atomic E-state index is 5.16. The normalized spacial score (nSPS) is 10.8. The molecule has 0 radical (unpaired) electrons. The molecule has 6 heteroatoms. The van der Waals surface area contributed by atoms with Crippen LogP contribution in [0.1, 0.15) is 0 Å². The van der Waals surface area contributed by atoms with Gasteiger partial charge in [0.15, 0.2) is 0 Å². The number of H-pyrrole nitrogens is 1. The number of methoxy groups -OCH3 is 1. The summed E-state index contributed by atoms with van der Waals surface area (Å²) < 4.78 is 5.16. The minimum atomic E-state index is 0.710. The van der Waals surface area contributed by atoms with Crippen molar-refractivity contribution in [3.63, 3.8) is 0 Å². The Morgan fingerprint density at radius 3 is 2.74 bits per heavy atom. The van der Waals surface area contributed by atoms with E-state index < -0.39 is 0 Å². The number of hydrogen-bond donors (Lipinski definition) is 2. The smallest absolute Gasteiger partial charge is 0.205 e. The lowest BCUT2D eigenvalue weighted by Crippen LogP contribution is -1.92. The number of anilines is 2. The number of benzene rings is 2. The zero-order valence-electron chi connectivity index (χ0n) is 12.4. The number of thiazole rings is 1. The van der Waals surface area contributed by atoms with E-state index in [2.05, 4.69) is 26.3 Å². The van der Waals surface area contributed by atoms with Gasteiger partial charge in [-0.25, -0.2) is 9.97 Å². The van der Waals surface area contributed by atoms with Crippen molar-refractivity contribution in [2.45, 2.75) is 0 Å². The highest BCUT2D eigenvalue weighted by atomic mass is 32.1. The number of aromatic amines is 1. The fourth-order valence-electron chi connectivity index (χ4n) is 2.38. The maximum atomic E-state index is 5.16. The van der Waals surface area contributed by atoms with Crippen LogP contribution >= 0.6 is 11.3 Å². The topological polar surface area (TPSA) is 62.8 Å². The number of imidazole rings is 1. The molecule has 0 aliphatic rings. The van der Waals surface area contributed by atoms with E-state index in [0.717, 1.165) is 33.0 Å². The van der Waals surface area contributed by atoms with Crippen LogP contribution in [0.3, 0.4) is 0 Å². The summed E-state index contributed by atoms with van der Waals surface area (Å²) in [5.41, 5.74) is 3.94. The SMILES string of the molecule is COc1ccc(Nc2nc3ccc(-c4nccs4)cc3[nH]2)cc1. The Hall–Kier alpha value is -2.86. The molecule has 2 heterocycles. The highest BCUT2D eigenvalue weighted by molar-refractivity contribution is 7.13. The maximum Gasteiger partial charge on any atom is 0.205 e. The van der Waals surface area contributed by atoms with E-state index in [0.29, 0.717) is 5.95 Å². The third kappa shape index (κ3) is 2.76. The first-order valence-electron chi connectivity index (χ1n) is 7.12. The lowest BCUT2D eigenvalue weighted by atomic mass is 10.2. The van der Waals surface area contributed by atoms with Crippen molar-refractivity contribution in [1.29, 1.82) is 0 Å². The van der Waals surface area contributed by atoms with E-state index in [1.807, 2.05) is 48.0 Å². The molecule has 4 rings (SSSR count). The van der Waals surface area contributed by atoms with Crippen LogP contribution in [-0.4, -0.2) is 22.1 Å². The molecule has 0 atom stereocenters. The van der Waals surface area contributed by atoms with E-state index in [4.69, 9.17) is 4.74 Å². The first-order valence-corrected chi connectivity index (χ1v) is 8.00. The average Bonchev–Trinajstić information content (AvgIpc) is 3.24. The van der Waals surface area contributed by atoms with Gasteiger partial charge in [-0.1, -0.05) is 0 Å². The van der Waals surface area contributed by atoms with Gasteiger partial charge in [-0.3, -0.25) is 0 Å². The quantitative estimate of drug-likeness (QED) is 0.583. The van der Waals surface area contributed by atoms with Crippen LogP contribution in [0.2, 0.25) is 0 Å². The van der Waals surface area contributed by atoms with Crippen molar-refractivity contribution in [2.75, 3.05) is 12.4 Å². The summed E-state index contributed by atoms with van der Waals surface area (Å²) in [6.07, 6.45) is 1.81. The summed E-state index contributed by atoms with van der Waals surface area (Å²) in [6.45, 7) is 0. The van der Waals surface area contributed by atoms with Crippen LogP contribution in [0, 0.1) is 0 Å². The number of ether oxygens (including phenoxy) is 1. The summed E-state index contributed by atoms with van der Waals surface area (Å²) in [7, 11) is 1.65. The molecule has 0 fully saturated rings. The number of nitrogens with zero attached hydrogens (tertiary/aromatic N) is 2. The standard InChI is InChI=1S/C17H14N4OS/c1-22-13-5-3-12(4-6-13)19-17-20-14-7-2-11(10-15(14)21-17)16-18-8-9-23-16/h2-10H,1H3,(H2,19,20,21). The van der Waals surface area contributed by atoms with Gasteiger partial charge in [0.25, 0.3) is 0 Å². The molecule has 5 nitrogen and oxygen atoms in total. The second-order valence-corrected chi connectivity index (χ2v) is 5.90. The van der Waals surface area contributed by atoms with Gasteiger partial charge in [-0.2, -0.15) is 0 Å². The number of aromatic nitrogens is 3. The fraction of sp³-hybridized carbons (Fsp3) is 0.0588. The number of hydrogen-bond acceptors (Lipinski definition) is 5. The second-order valence-electron chi connectivity index (χ2n) is 5.01. The minimum absolute atomic E-state index is 0.710. The van der Waals surface area contributed by atoms with E-state index in [1.54, 1.807) is 18.4 Å². The molecule has 0 spiro atoms. The Morgan fingerprint density at radius 2 is 2.00 bits per heavy atom. The van der Waals surface area contributed by atoms with Crippen LogP contribution < -0.4 is 10.1 Å². The molecular weight excluding hydrogens is 308 g/mol. The molecule has 0 amide bonds. The molecule has 2 aromatic heterocycles. The first kappa shape index (κ1) is 13.8. The van der Waals surface area contributed by atoms with Crippen LogP contribution in [0.5, 0.6) is 5.75 Å².